The number of nitrogens with one attached hydrogen (secondary N) is 1. The molecule has 0 saturated heterocycles. The number of fused-ring (bicyclic) bond motifs is 1. The Labute approximate surface area is 171 Å². The minimum absolute atomic E-state index is 0.0878. The topological polar surface area (TPSA) is 72.5 Å². The highest BCUT2D eigenvalue weighted by molar-refractivity contribution is 7.21. The van der Waals surface area contributed by atoms with Crippen molar-refractivity contribution in [3.8, 4) is 0 Å². The monoisotopic (exact) mass is 413 g/mol. The molecule has 29 heavy (non-hydrogen) atoms. The van der Waals surface area contributed by atoms with Crippen LogP contribution in [0, 0.1) is 12.7 Å². The van der Waals surface area contributed by atoms with Crippen molar-refractivity contribution in [2.24, 2.45) is 0 Å². The molecule has 1 N–H and O–H groups in total. The molecule has 3 aromatic rings. The maximum absolute atomic E-state index is 14.0. The summed E-state index contributed by atoms with van der Waals surface area (Å²) in [5, 5.41) is 3.12. The van der Waals surface area contributed by atoms with E-state index in [1.165, 1.54) is 13.0 Å². The third-order valence-corrected chi connectivity index (χ3v) is 5.72. The molecule has 0 fully saturated rings. The first-order valence-corrected chi connectivity index (χ1v) is 9.89. The van der Waals surface area contributed by atoms with E-state index in [0.29, 0.717) is 39.1 Å². The molecule has 1 amide bonds. The van der Waals surface area contributed by atoms with Gasteiger partial charge in [-0.05, 0) is 36.6 Å². The first kappa shape index (κ1) is 20.7. The molecule has 0 unspecified atom stereocenters. The van der Waals surface area contributed by atoms with Crippen LogP contribution in [-0.4, -0.2) is 30.8 Å². The van der Waals surface area contributed by atoms with E-state index in [2.05, 4.69) is 5.32 Å². The van der Waals surface area contributed by atoms with Crippen molar-refractivity contribution < 1.29 is 23.5 Å². The first-order chi connectivity index (χ1) is 13.9. The van der Waals surface area contributed by atoms with Gasteiger partial charge in [0, 0.05) is 29.1 Å². The van der Waals surface area contributed by atoms with Gasteiger partial charge in [0.25, 0.3) is 0 Å². The number of carbonyl (C=O) groups excluding carboxylic acids is 3. The van der Waals surface area contributed by atoms with Crippen molar-refractivity contribution in [1.82, 2.24) is 5.32 Å². The molecule has 1 heterocycles. The molecule has 150 valence electrons. The van der Waals surface area contributed by atoms with Crippen LogP contribution in [0.1, 0.15) is 38.1 Å². The molecule has 0 aliphatic carbocycles. The molecule has 1 aromatic heterocycles. The Morgan fingerprint density at radius 1 is 1.10 bits per heavy atom. The Bertz CT molecular complexity index is 1070. The van der Waals surface area contributed by atoms with Gasteiger partial charge in [0.15, 0.2) is 12.4 Å². The minimum atomic E-state index is -0.636. The van der Waals surface area contributed by atoms with Crippen LogP contribution in [0.4, 0.5) is 4.39 Å². The van der Waals surface area contributed by atoms with Crippen molar-refractivity contribution in [3.63, 3.8) is 0 Å². The number of ether oxygens (including phenoxy) is 1. The van der Waals surface area contributed by atoms with Crippen LogP contribution in [0.2, 0.25) is 0 Å². The number of ketones is 1. The molecule has 0 aliphatic heterocycles. The van der Waals surface area contributed by atoms with Gasteiger partial charge in [-0.15, -0.1) is 11.3 Å². The normalized spacial score (nSPS) is 10.7. The summed E-state index contributed by atoms with van der Waals surface area (Å²) >= 11 is 1.15. The van der Waals surface area contributed by atoms with Crippen molar-refractivity contribution in [3.05, 3.63) is 69.8 Å². The Morgan fingerprint density at radius 3 is 2.48 bits per heavy atom. The number of rotatable bonds is 7. The summed E-state index contributed by atoms with van der Waals surface area (Å²) in [4.78, 5) is 35.9. The second-order valence-electron chi connectivity index (χ2n) is 6.60. The van der Waals surface area contributed by atoms with Crippen molar-refractivity contribution in [2.75, 3.05) is 13.2 Å². The summed E-state index contributed by atoms with van der Waals surface area (Å²) in [6.07, 6.45) is 0.658. The lowest BCUT2D eigenvalue weighted by molar-refractivity contribution is -0.118. The van der Waals surface area contributed by atoms with E-state index in [0.717, 1.165) is 16.9 Å². The van der Waals surface area contributed by atoms with E-state index in [1.807, 2.05) is 0 Å². The number of esters is 1. The number of amides is 1. The maximum atomic E-state index is 14.0. The number of benzene rings is 2. The minimum Gasteiger partial charge on any atom is -0.453 e. The average Bonchev–Trinajstić information content (AvgIpc) is 3.04. The van der Waals surface area contributed by atoms with Crippen LogP contribution in [0.15, 0.2) is 42.5 Å². The number of halogens is 1. The third kappa shape index (κ3) is 4.86. The predicted octanol–water partition coefficient (Wildman–Crippen LogP) is 4.07. The third-order valence-electron chi connectivity index (χ3n) is 4.49. The van der Waals surface area contributed by atoms with Gasteiger partial charge in [-0.3, -0.25) is 9.59 Å². The number of hydrogen-bond acceptors (Lipinski definition) is 5. The van der Waals surface area contributed by atoms with Crippen molar-refractivity contribution >= 4 is 39.1 Å². The fourth-order valence-electron chi connectivity index (χ4n) is 2.97. The van der Waals surface area contributed by atoms with Gasteiger partial charge in [0.2, 0.25) is 5.91 Å². The van der Waals surface area contributed by atoms with Crippen LogP contribution in [0.5, 0.6) is 0 Å². The summed E-state index contributed by atoms with van der Waals surface area (Å²) < 4.78 is 19.8. The summed E-state index contributed by atoms with van der Waals surface area (Å²) in [5.41, 5.74) is 1.93. The standard InChI is InChI=1S/C22H20FNO4S/c1-13-20-17(23)4-3-5-19(20)29-21(13)22(27)28-12-18(26)16-8-6-15(7-9-16)10-11-24-14(2)25/h3-9H,10-12H2,1-2H3,(H,24,25). The van der Waals surface area contributed by atoms with Gasteiger partial charge in [-0.1, -0.05) is 30.3 Å². The summed E-state index contributed by atoms with van der Waals surface area (Å²) in [6.45, 7) is 3.26. The highest BCUT2D eigenvalue weighted by Gasteiger charge is 2.20. The van der Waals surface area contributed by atoms with Gasteiger partial charge in [-0.2, -0.15) is 0 Å². The predicted molar refractivity (Wildman–Crippen MR) is 110 cm³/mol. The number of hydrogen-bond donors (Lipinski definition) is 1. The number of carbonyl (C=O) groups is 3. The Kier molecular flexibility index (Phi) is 6.39. The van der Waals surface area contributed by atoms with Gasteiger partial charge < -0.3 is 10.1 Å². The molecule has 0 radical (unpaired) electrons. The van der Waals surface area contributed by atoms with Crippen LogP contribution < -0.4 is 5.32 Å². The van der Waals surface area contributed by atoms with Gasteiger partial charge >= 0.3 is 5.97 Å². The summed E-state index contributed by atoms with van der Waals surface area (Å²) in [6, 6.07) is 11.6. The van der Waals surface area contributed by atoms with Crippen molar-refractivity contribution in [1.29, 1.82) is 0 Å². The van der Waals surface area contributed by atoms with E-state index in [1.54, 1.807) is 43.3 Å². The van der Waals surface area contributed by atoms with E-state index >= 15 is 0 Å². The number of aryl methyl sites for hydroxylation is 1. The van der Waals surface area contributed by atoms with E-state index < -0.39 is 5.97 Å². The molecule has 2 aromatic carbocycles. The Balaban J connectivity index is 1.60. The average molecular weight is 413 g/mol. The number of thiophene rings is 1. The molecule has 0 atom stereocenters. The fraction of sp³-hybridized carbons (Fsp3) is 0.227. The lowest BCUT2D eigenvalue weighted by Gasteiger charge is -2.06. The first-order valence-electron chi connectivity index (χ1n) is 9.08. The number of Topliss-reactive ketones (excluding diaryl/α,β-unsaturated/α-hetero) is 1. The van der Waals surface area contributed by atoms with Gasteiger partial charge in [-0.25, -0.2) is 9.18 Å². The quantitative estimate of drug-likeness (QED) is 0.468. The molecular weight excluding hydrogens is 393 g/mol. The zero-order chi connectivity index (χ0) is 21.0. The fourth-order valence-corrected chi connectivity index (χ4v) is 4.08. The van der Waals surface area contributed by atoms with E-state index in [9.17, 15) is 18.8 Å². The van der Waals surface area contributed by atoms with Gasteiger partial charge in [0.1, 0.15) is 10.7 Å². The van der Waals surface area contributed by atoms with Gasteiger partial charge in [0.05, 0.1) is 0 Å². The van der Waals surface area contributed by atoms with E-state index in [-0.39, 0.29) is 24.1 Å². The summed E-state index contributed by atoms with van der Waals surface area (Å²) in [5.74, 6) is -1.43. The zero-order valence-corrected chi connectivity index (χ0v) is 16.9. The second-order valence-corrected chi connectivity index (χ2v) is 7.65. The molecule has 3 rings (SSSR count). The molecular formula is C22H20FNO4S. The molecule has 5 nitrogen and oxygen atoms in total. The molecule has 0 bridgehead atoms. The summed E-state index contributed by atoms with van der Waals surface area (Å²) in [7, 11) is 0. The maximum Gasteiger partial charge on any atom is 0.349 e. The zero-order valence-electron chi connectivity index (χ0n) is 16.1. The van der Waals surface area contributed by atoms with Crippen LogP contribution in [0.3, 0.4) is 0 Å². The van der Waals surface area contributed by atoms with E-state index in [4.69, 9.17) is 4.74 Å². The van der Waals surface area contributed by atoms with Crippen LogP contribution in [0.25, 0.3) is 10.1 Å². The lowest BCUT2D eigenvalue weighted by Crippen LogP contribution is -2.22. The van der Waals surface area contributed by atoms with Crippen molar-refractivity contribution in [2.45, 2.75) is 20.3 Å². The highest BCUT2D eigenvalue weighted by atomic mass is 32.1. The highest BCUT2D eigenvalue weighted by Crippen LogP contribution is 2.33. The SMILES string of the molecule is CC(=O)NCCc1ccc(C(=O)COC(=O)c2sc3cccc(F)c3c2C)cc1. The lowest BCUT2D eigenvalue weighted by atomic mass is 10.1. The second kappa shape index (κ2) is 8.96. The van der Waals surface area contributed by atoms with Crippen LogP contribution in [-0.2, 0) is 16.0 Å². The molecule has 0 aliphatic rings. The molecule has 7 heteroatoms. The Morgan fingerprint density at radius 2 is 1.83 bits per heavy atom. The molecule has 0 spiro atoms. The largest absolute Gasteiger partial charge is 0.453 e. The van der Waals surface area contributed by atoms with Crippen LogP contribution >= 0.6 is 11.3 Å². The molecule has 0 saturated carbocycles. The smallest absolute Gasteiger partial charge is 0.349 e. The Hall–Kier alpha value is -3.06.